The van der Waals surface area contributed by atoms with Crippen LogP contribution < -0.4 is 11.1 Å². The fourth-order valence-corrected chi connectivity index (χ4v) is 1.97. The lowest BCUT2D eigenvalue weighted by Crippen LogP contribution is -2.41. The van der Waals surface area contributed by atoms with E-state index in [0.29, 0.717) is 18.2 Å². The summed E-state index contributed by atoms with van der Waals surface area (Å²) >= 11 is 0. The minimum Gasteiger partial charge on any atom is -0.456 e. The molecular formula is C12H18N2O2. The van der Waals surface area contributed by atoms with Crippen LogP contribution in [-0.4, -0.2) is 18.5 Å². The molecule has 1 atom stereocenters. The Morgan fingerprint density at radius 3 is 2.75 bits per heavy atom. The van der Waals surface area contributed by atoms with E-state index in [4.69, 9.17) is 10.2 Å². The van der Waals surface area contributed by atoms with E-state index in [1.54, 1.807) is 0 Å². The highest BCUT2D eigenvalue weighted by Crippen LogP contribution is 2.32. The van der Waals surface area contributed by atoms with E-state index in [1.165, 1.54) is 0 Å². The predicted molar refractivity (Wildman–Crippen MR) is 61.2 cm³/mol. The second kappa shape index (κ2) is 4.29. The van der Waals surface area contributed by atoms with Gasteiger partial charge in [0.1, 0.15) is 5.76 Å². The second-order valence-electron chi connectivity index (χ2n) is 4.52. The fraction of sp³-hybridized carbons (Fsp3) is 0.583. The van der Waals surface area contributed by atoms with Crippen molar-refractivity contribution >= 4 is 5.91 Å². The van der Waals surface area contributed by atoms with Gasteiger partial charge < -0.3 is 15.5 Å². The lowest BCUT2D eigenvalue weighted by Gasteiger charge is -2.15. The molecule has 0 aliphatic heterocycles. The largest absolute Gasteiger partial charge is 0.456 e. The molecule has 0 bridgehead atoms. The van der Waals surface area contributed by atoms with Gasteiger partial charge in [0.15, 0.2) is 5.76 Å². The molecule has 1 fully saturated rings. The number of carbonyl (C=O) groups excluding carboxylic acids is 1. The normalized spacial score (nSPS) is 17.2. The molecule has 88 valence electrons. The topological polar surface area (TPSA) is 68.3 Å². The summed E-state index contributed by atoms with van der Waals surface area (Å²) in [6, 6.07) is 1.96. The molecule has 0 spiro atoms. The fourth-order valence-electron chi connectivity index (χ4n) is 1.97. The predicted octanol–water partition coefficient (Wildman–Crippen LogP) is 1.36. The number of rotatable bonds is 4. The second-order valence-corrected chi connectivity index (χ2v) is 4.52. The van der Waals surface area contributed by atoms with Crippen LogP contribution in [0.1, 0.15) is 34.7 Å². The minimum atomic E-state index is -0.145. The molecule has 1 unspecified atom stereocenters. The highest BCUT2D eigenvalue weighted by molar-refractivity contribution is 5.93. The van der Waals surface area contributed by atoms with Crippen molar-refractivity contribution < 1.29 is 9.21 Å². The maximum absolute atomic E-state index is 11.9. The molecule has 4 heteroatoms. The molecule has 1 heterocycles. The SMILES string of the molecule is Cc1cc(C)c(C(=O)NC(CN)C2CC2)o1. The molecule has 1 aliphatic carbocycles. The zero-order valence-electron chi connectivity index (χ0n) is 9.75. The zero-order chi connectivity index (χ0) is 11.7. The molecule has 1 aliphatic rings. The Morgan fingerprint density at radius 1 is 1.62 bits per heavy atom. The summed E-state index contributed by atoms with van der Waals surface area (Å²) in [6.45, 7) is 4.21. The Labute approximate surface area is 95.2 Å². The summed E-state index contributed by atoms with van der Waals surface area (Å²) in [5.74, 6) is 1.59. The van der Waals surface area contributed by atoms with Crippen molar-refractivity contribution in [1.29, 1.82) is 0 Å². The van der Waals surface area contributed by atoms with Gasteiger partial charge in [0.05, 0.1) is 0 Å². The first kappa shape index (κ1) is 11.2. The molecule has 2 rings (SSSR count). The van der Waals surface area contributed by atoms with Crippen molar-refractivity contribution in [2.24, 2.45) is 11.7 Å². The number of nitrogens with one attached hydrogen (secondary N) is 1. The van der Waals surface area contributed by atoms with Crippen LogP contribution >= 0.6 is 0 Å². The molecule has 0 radical (unpaired) electrons. The van der Waals surface area contributed by atoms with Crippen LogP contribution in [0.3, 0.4) is 0 Å². The molecule has 16 heavy (non-hydrogen) atoms. The lowest BCUT2D eigenvalue weighted by atomic mass is 10.1. The van der Waals surface area contributed by atoms with Gasteiger partial charge in [-0.2, -0.15) is 0 Å². The van der Waals surface area contributed by atoms with E-state index in [0.717, 1.165) is 24.2 Å². The maximum Gasteiger partial charge on any atom is 0.287 e. The summed E-state index contributed by atoms with van der Waals surface area (Å²) < 4.78 is 5.37. The highest BCUT2D eigenvalue weighted by atomic mass is 16.3. The number of hydrogen-bond acceptors (Lipinski definition) is 3. The standard InChI is InChI=1S/C12H18N2O2/c1-7-5-8(2)16-11(7)12(15)14-10(6-13)9-3-4-9/h5,9-10H,3-4,6,13H2,1-2H3,(H,14,15). The van der Waals surface area contributed by atoms with Gasteiger partial charge in [0, 0.05) is 18.2 Å². The Bertz CT molecular complexity index is 394. The summed E-state index contributed by atoms with van der Waals surface area (Å²) in [7, 11) is 0. The van der Waals surface area contributed by atoms with Crippen LogP contribution in [0.5, 0.6) is 0 Å². The number of carbonyl (C=O) groups is 1. The molecule has 1 saturated carbocycles. The molecule has 1 aromatic rings. The van der Waals surface area contributed by atoms with Crippen LogP contribution in [0, 0.1) is 19.8 Å². The van der Waals surface area contributed by atoms with Crippen LogP contribution in [0.4, 0.5) is 0 Å². The van der Waals surface area contributed by atoms with Crippen LogP contribution in [-0.2, 0) is 0 Å². The summed E-state index contributed by atoms with van der Waals surface area (Å²) in [5, 5.41) is 2.94. The maximum atomic E-state index is 11.9. The molecule has 4 nitrogen and oxygen atoms in total. The average molecular weight is 222 g/mol. The van der Waals surface area contributed by atoms with E-state index in [2.05, 4.69) is 5.32 Å². The molecule has 0 saturated heterocycles. The van der Waals surface area contributed by atoms with Gasteiger partial charge in [-0.3, -0.25) is 4.79 Å². The third kappa shape index (κ3) is 2.27. The minimum absolute atomic E-state index is 0.0947. The van der Waals surface area contributed by atoms with E-state index in [-0.39, 0.29) is 11.9 Å². The van der Waals surface area contributed by atoms with Crippen molar-refractivity contribution in [2.75, 3.05) is 6.54 Å². The number of amides is 1. The van der Waals surface area contributed by atoms with Crippen molar-refractivity contribution in [3.8, 4) is 0 Å². The van der Waals surface area contributed by atoms with Gasteiger partial charge in [-0.05, 0) is 38.7 Å². The Morgan fingerprint density at radius 2 is 2.31 bits per heavy atom. The van der Waals surface area contributed by atoms with Crippen LogP contribution in [0.15, 0.2) is 10.5 Å². The first-order valence-electron chi connectivity index (χ1n) is 5.69. The van der Waals surface area contributed by atoms with E-state index in [1.807, 2.05) is 19.9 Å². The Kier molecular flexibility index (Phi) is 3.01. The van der Waals surface area contributed by atoms with Crippen molar-refractivity contribution in [3.05, 3.63) is 23.2 Å². The first-order chi connectivity index (χ1) is 7.61. The van der Waals surface area contributed by atoms with Gasteiger partial charge in [0.25, 0.3) is 5.91 Å². The molecule has 1 aromatic heterocycles. The summed E-state index contributed by atoms with van der Waals surface area (Å²) in [5.41, 5.74) is 6.51. The molecule has 1 amide bonds. The van der Waals surface area contributed by atoms with Crippen molar-refractivity contribution in [3.63, 3.8) is 0 Å². The van der Waals surface area contributed by atoms with Crippen molar-refractivity contribution in [2.45, 2.75) is 32.7 Å². The Hall–Kier alpha value is -1.29. The van der Waals surface area contributed by atoms with Gasteiger partial charge in [-0.25, -0.2) is 0 Å². The highest BCUT2D eigenvalue weighted by Gasteiger charge is 2.32. The number of furan rings is 1. The lowest BCUT2D eigenvalue weighted by molar-refractivity contribution is 0.0903. The van der Waals surface area contributed by atoms with Gasteiger partial charge in [-0.15, -0.1) is 0 Å². The molecule has 3 N–H and O–H groups in total. The Balaban J connectivity index is 2.04. The number of hydrogen-bond donors (Lipinski definition) is 2. The first-order valence-corrected chi connectivity index (χ1v) is 5.69. The number of aryl methyl sites for hydroxylation is 2. The smallest absolute Gasteiger partial charge is 0.287 e. The quantitative estimate of drug-likeness (QED) is 0.808. The van der Waals surface area contributed by atoms with E-state index >= 15 is 0 Å². The summed E-state index contributed by atoms with van der Waals surface area (Å²) in [4.78, 5) is 11.9. The summed E-state index contributed by atoms with van der Waals surface area (Å²) in [6.07, 6.45) is 2.33. The van der Waals surface area contributed by atoms with E-state index < -0.39 is 0 Å². The van der Waals surface area contributed by atoms with E-state index in [9.17, 15) is 4.79 Å². The monoisotopic (exact) mass is 222 g/mol. The van der Waals surface area contributed by atoms with Crippen LogP contribution in [0.2, 0.25) is 0 Å². The van der Waals surface area contributed by atoms with Gasteiger partial charge in [-0.1, -0.05) is 0 Å². The third-order valence-corrected chi connectivity index (χ3v) is 3.01. The third-order valence-electron chi connectivity index (χ3n) is 3.01. The van der Waals surface area contributed by atoms with Crippen molar-refractivity contribution in [1.82, 2.24) is 5.32 Å². The average Bonchev–Trinajstić information content (AvgIpc) is 3.01. The van der Waals surface area contributed by atoms with Crippen LogP contribution in [0.25, 0.3) is 0 Å². The van der Waals surface area contributed by atoms with Gasteiger partial charge in [0.2, 0.25) is 0 Å². The zero-order valence-corrected chi connectivity index (χ0v) is 9.75. The van der Waals surface area contributed by atoms with Gasteiger partial charge >= 0.3 is 0 Å². The molecule has 0 aromatic carbocycles. The molecular weight excluding hydrogens is 204 g/mol. The number of nitrogens with two attached hydrogens (primary N) is 1.